The van der Waals surface area contributed by atoms with Crippen molar-refractivity contribution in [2.75, 3.05) is 25.6 Å². The predicted molar refractivity (Wildman–Crippen MR) is 93.7 cm³/mol. The van der Waals surface area contributed by atoms with Crippen molar-refractivity contribution in [3.8, 4) is 5.88 Å². The Hall–Kier alpha value is -2.67. The van der Waals surface area contributed by atoms with Crippen molar-refractivity contribution in [1.82, 2.24) is 4.98 Å². The van der Waals surface area contributed by atoms with Crippen LogP contribution in [0.4, 0.5) is 10.1 Å². The number of nitrogens with one attached hydrogen (secondary N) is 1. The molecule has 1 N–H and O–H groups in total. The van der Waals surface area contributed by atoms with E-state index in [1.54, 1.807) is 19.2 Å². The second kappa shape index (κ2) is 8.14. The van der Waals surface area contributed by atoms with Crippen molar-refractivity contribution in [2.24, 2.45) is 0 Å². The lowest BCUT2D eigenvalue weighted by Gasteiger charge is -2.27. The maximum Gasteiger partial charge on any atom is 0.303 e. The number of hydrogen-bond donors (Lipinski definition) is 1. The number of ether oxygens (including phenoxy) is 3. The molecule has 0 saturated carbocycles. The summed E-state index contributed by atoms with van der Waals surface area (Å²) in [5.41, 5.74) is 3.20. The quantitative estimate of drug-likeness (QED) is 0.799. The maximum atomic E-state index is 13.1. The number of benzene rings is 1. The number of halogens is 1. The highest BCUT2D eigenvalue weighted by atomic mass is 19.1. The molecular formula is C19H21FN2O4. The number of nitrogens with zero attached hydrogens (tertiary/aromatic N) is 1. The van der Waals surface area contributed by atoms with Crippen LogP contribution in [-0.2, 0) is 27.3 Å². The Bertz CT molecular complexity index is 780. The number of aromatic nitrogens is 1. The van der Waals surface area contributed by atoms with E-state index in [-0.39, 0.29) is 24.4 Å². The molecule has 6 nitrogen and oxygen atoms in total. The first-order chi connectivity index (χ1) is 12.5. The zero-order valence-electron chi connectivity index (χ0n) is 14.8. The maximum absolute atomic E-state index is 13.1. The molecule has 2 aromatic rings. The lowest BCUT2D eigenvalue weighted by Crippen LogP contribution is -2.35. The zero-order chi connectivity index (χ0) is 18.5. The molecule has 138 valence electrons. The van der Waals surface area contributed by atoms with E-state index in [1.165, 1.54) is 19.1 Å². The van der Waals surface area contributed by atoms with Gasteiger partial charge < -0.3 is 19.5 Å². The average Bonchev–Trinajstić information content (AvgIpc) is 2.62. The number of pyridine rings is 1. The van der Waals surface area contributed by atoms with Crippen LogP contribution in [0.3, 0.4) is 0 Å². The van der Waals surface area contributed by atoms with Crippen LogP contribution in [0.5, 0.6) is 5.88 Å². The van der Waals surface area contributed by atoms with Gasteiger partial charge in [-0.15, -0.1) is 0 Å². The van der Waals surface area contributed by atoms with Gasteiger partial charge in [0.05, 0.1) is 24.0 Å². The molecule has 0 fully saturated rings. The van der Waals surface area contributed by atoms with Crippen LogP contribution >= 0.6 is 0 Å². The molecule has 0 saturated heterocycles. The van der Waals surface area contributed by atoms with Crippen LogP contribution in [-0.4, -0.2) is 37.3 Å². The number of hydrogen-bond acceptors (Lipinski definition) is 6. The average molecular weight is 360 g/mol. The van der Waals surface area contributed by atoms with Gasteiger partial charge in [0, 0.05) is 14.0 Å². The lowest BCUT2D eigenvalue weighted by atomic mass is 10.0. The third-order valence-electron chi connectivity index (χ3n) is 4.02. The Morgan fingerprint density at radius 2 is 2.15 bits per heavy atom. The van der Waals surface area contributed by atoms with E-state index in [0.29, 0.717) is 31.2 Å². The molecular weight excluding hydrogens is 339 g/mol. The Morgan fingerprint density at radius 1 is 1.38 bits per heavy atom. The van der Waals surface area contributed by atoms with Gasteiger partial charge in [0.25, 0.3) is 0 Å². The van der Waals surface area contributed by atoms with E-state index >= 15 is 0 Å². The third-order valence-corrected chi connectivity index (χ3v) is 4.02. The summed E-state index contributed by atoms with van der Waals surface area (Å²) in [5.74, 6) is -0.186. The molecule has 1 aromatic carbocycles. The number of carbonyl (C=O) groups excluding carboxylic acids is 1. The van der Waals surface area contributed by atoms with Crippen molar-refractivity contribution in [3.63, 3.8) is 0 Å². The molecule has 1 aliphatic heterocycles. The molecule has 2 heterocycles. The summed E-state index contributed by atoms with van der Waals surface area (Å²) < 4.78 is 29.1. The van der Waals surface area contributed by atoms with E-state index in [4.69, 9.17) is 14.2 Å². The summed E-state index contributed by atoms with van der Waals surface area (Å²) in [6.07, 6.45) is 0.535. The molecule has 0 amide bonds. The van der Waals surface area contributed by atoms with E-state index in [2.05, 4.69) is 10.3 Å². The SMILES string of the molecule is COC[C@H]1COc2nc(COC(C)=O)c(Cc3ccc(F)cc3)cc2N1. The highest BCUT2D eigenvalue weighted by Crippen LogP contribution is 2.30. The lowest BCUT2D eigenvalue weighted by molar-refractivity contribution is -0.142. The normalized spacial score (nSPS) is 15.6. The van der Waals surface area contributed by atoms with Gasteiger partial charge in [-0.2, -0.15) is 0 Å². The minimum Gasteiger partial charge on any atom is -0.474 e. The van der Waals surface area contributed by atoms with E-state index in [9.17, 15) is 9.18 Å². The van der Waals surface area contributed by atoms with Gasteiger partial charge in [0.15, 0.2) is 0 Å². The van der Waals surface area contributed by atoms with Crippen LogP contribution < -0.4 is 10.1 Å². The first kappa shape index (κ1) is 18.1. The largest absolute Gasteiger partial charge is 0.474 e. The van der Waals surface area contributed by atoms with Crippen molar-refractivity contribution in [2.45, 2.75) is 26.0 Å². The first-order valence-electron chi connectivity index (χ1n) is 8.34. The molecule has 0 unspecified atom stereocenters. The molecule has 7 heteroatoms. The molecule has 0 bridgehead atoms. The van der Waals surface area contributed by atoms with Crippen molar-refractivity contribution >= 4 is 11.7 Å². The molecule has 26 heavy (non-hydrogen) atoms. The number of fused-ring (bicyclic) bond motifs is 1. The molecule has 3 rings (SSSR count). The van der Waals surface area contributed by atoms with Gasteiger partial charge in [-0.25, -0.2) is 9.37 Å². The second-order valence-corrected chi connectivity index (χ2v) is 6.14. The van der Waals surface area contributed by atoms with Crippen LogP contribution in [0, 0.1) is 5.82 Å². The molecule has 1 aromatic heterocycles. The molecule has 1 atom stereocenters. The molecule has 1 aliphatic rings. The summed E-state index contributed by atoms with van der Waals surface area (Å²) in [6.45, 7) is 2.37. The Morgan fingerprint density at radius 3 is 2.85 bits per heavy atom. The Balaban J connectivity index is 1.89. The fourth-order valence-electron chi connectivity index (χ4n) is 2.79. The zero-order valence-corrected chi connectivity index (χ0v) is 14.8. The topological polar surface area (TPSA) is 69.7 Å². The van der Waals surface area contributed by atoms with Crippen LogP contribution in [0.15, 0.2) is 30.3 Å². The van der Waals surface area contributed by atoms with Crippen molar-refractivity contribution in [3.05, 3.63) is 53.0 Å². The standard InChI is InChI=1S/C19H21FN2O4/c1-12(23)25-11-18-14(7-13-3-5-15(20)6-4-13)8-17-19(22-18)26-10-16(21-17)9-24-2/h3-6,8,16,21H,7,9-11H2,1-2H3/t16-/m0/s1. The minimum atomic E-state index is -0.378. The molecule has 0 aliphatic carbocycles. The van der Waals surface area contributed by atoms with Gasteiger partial charge >= 0.3 is 5.97 Å². The summed E-state index contributed by atoms with van der Waals surface area (Å²) in [4.78, 5) is 15.7. The Kier molecular flexibility index (Phi) is 5.68. The number of carbonyl (C=O) groups is 1. The monoisotopic (exact) mass is 360 g/mol. The fraction of sp³-hybridized carbons (Fsp3) is 0.368. The van der Waals surface area contributed by atoms with E-state index in [1.807, 2.05) is 6.07 Å². The second-order valence-electron chi connectivity index (χ2n) is 6.14. The van der Waals surface area contributed by atoms with Gasteiger partial charge in [0.1, 0.15) is 19.0 Å². The summed E-state index contributed by atoms with van der Waals surface area (Å²) in [7, 11) is 1.64. The van der Waals surface area contributed by atoms with E-state index in [0.717, 1.165) is 16.8 Å². The number of anilines is 1. The van der Waals surface area contributed by atoms with Gasteiger partial charge in [-0.05, 0) is 35.7 Å². The summed E-state index contributed by atoms with van der Waals surface area (Å²) >= 11 is 0. The number of rotatable bonds is 6. The fourth-order valence-corrected chi connectivity index (χ4v) is 2.79. The first-order valence-corrected chi connectivity index (χ1v) is 8.34. The third kappa shape index (κ3) is 4.49. The van der Waals surface area contributed by atoms with Gasteiger partial charge in [-0.1, -0.05) is 12.1 Å². The van der Waals surface area contributed by atoms with Crippen LogP contribution in [0.25, 0.3) is 0 Å². The van der Waals surface area contributed by atoms with Crippen molar-refractivity contribution < 1.29 is 23.4 Å². The van der Waals surface area contributed by atoms with Crippen LogP contribution in [0.1, 0.15) is 23.7 Å². The highest BCUT2D eigenvalue weighted by Gasteiger charge is 2.22. The predicted octanol–water partition coefficient (Wildman–Crippen LogP) is 2.69. The summed E-state index contributed by atoms with van der Waals surface area (Å²) in [6, 6.07) is 8.26. The van der Waals surface area contributed by atoms with E-state index < -0.39 is 0 Å². The van der Waals surface area contributed by atoms with Gasteiger partial charge in [0.2, 0.25) is 5.88 Å². The molecule has 0 spiro atoms. The highest BCUT2D eigenvalue weighted by molar-refractivity contribution is 5.66. The molecule has 0 radical (unpaired) electrons. The smallest absolute Gasteiger partial charge is 0.303 e. The van der Waals surface area contributed by atoms with Crippen LogP contribution in [0.2, 0.25) is 0 Å². The van der Waals surface area contributed by atoms with Gasteiger partial charge in [-0.3, -0.25) is 4.79 Å². The Labute approximate surface area is 151 Å². The minimum absolute atomic E-state index is 0.0345. The number of esters is 1. The van der Waals surface area contributed by atoms with Crippen molar-refractivity contribution in [1.29, 1.82) is 0 Å². The number of methoxy groups -OCH3 is 1. The summed E-state index contributed by atoms with van der Waals surface area (Å²) in [5, 5.41) is 3.35.